The zero-order valence-electron chi connectivity index (χ0n) is 9.28. The number of nitrogens with one attached hydrogen (secondary N) is 1. The molecule has 0 saturated carbocycles. The SMILES string of the molecule is CC(C)CNC(=O)C(=O)N1CCOCC1. The van der Waals surface area contributed by atoms with Crippen molar-refractivity contribution in [2.24, 2.45) is 5.92 Å². The van der Waals surface area contributed by atoms with E-state index in [9.17, 15) is 9.59 Å². The fraction of sp³-hybridized carbons (Fsp3) is 0.800. The molecule has 0 bridgehead atoms. The van der Waals surface area contributed by atoms with Crippen LogP contribution in [0.1, 0.15) is 13.8 Å². The maximum atomic E-state index is 11.6. The van der Waals surface area contributed by atoms with Gasteiger partial charge in [-0.25, -0.2) is 0 Å². The van der Waals surface area contributed by atoms with Gasteiger partial charge in [0.15, 0.2) is 0 Å². The lowest BCUT2D eigenvalue weighted by atomic mass is 10.2. The predicted octanol–water partition coefficient (Wildman–Crippen LogP) is -0.383. The molecule has 86 valence electrons. The van der Waals surface area contributed by atoms with Gasteiger partial charge in [0.25, 0.3) is 0 Å². The number of ether oxygens (including phenoxy) is 1. The highest BCUT2D eigenvalue weighted by Gasteiger charge is 2.23. The second-order valence-corrected chi connectivity index (χ2v) is 4.01. The molecule has 1 aliphatic heterocycles. The lowest BCUT2D eigenvalue weighted by molar-refractivity contribution is -0.148. The van der Waals surface area contributed by atoms with Crippen molar-refractivity contribution in [3.05, 3.63) is 0 Å². The molecule has 0 aromatic rings. The molecule has 5 heteroatoms. The van der Waals surface area contributed by atoms with Crippen LogP contribution in [0.25, 0.3) is 0 Å². The van der Waals surface area contributed by atoms with Gasteiger partial charge in [0.2, 0.25) is 0 Å². The standard InChI is InChI=1S/C10H18N2O3/c1-8(2)7-11-9(13)10(14)12-3-5-15-6-4-12/h8H,3-7H2,1-2H3,(H,11,13). The van der Waals surface area contributed by atoms with Gasteiger partial charge in [-0.15, -0.1) is 0 Å². The average molecular weight is 214 g/mol. The zero-order valence-corrected chi connectivity index (χ0v) is 9.28. The summed E-state index contributed by atoms with van der Waals surface area (Å²) in [6, 6.07) is 0. The number of hydrogen-bond donors (Lipinski definition) is 1. The quantitative estimate of drug-likeness (QED) is 0.637. The van der Waals surface area contributed by atoms with Gasteiger partial charge in [-0.05, 0) is 5.92 Å². The molecule has 0 aromatic heterocycles. The summed E-state index contributed by atoms with van der Waals surface area (Å²) >= 11 is 0. The normalized spacial score (nSPS) is 16.6. The number of hydrogen-bond acceptors (Lipinski definition) is 3. The highest BCUT2D eigenvalue weighted by Crippen LogP contribution is 1.97. The summed E-state index contributed by atoms with van der Waals surface area (Å²) in [6.45, 7) is 6.56. The number of amides is 2. The molecule has 1 heterocycles. The van der Waals surface area contributed by atoms with Crippen LogP contribution in [-0.4, -0.2) is 49.6 Å². The second kappa shape index (κ2) is 5.70. The summed E-state index contributed by atoms with van der Waals surface area (Å²) in [5, 5.41) is 2.61. The van der Waals surface area contributed by atoms with Crippen LogP contribution in [0, 0.1) is 5.92 Å². The number of nitrogens with zero attached hydrogens (tertiary/aromatic N) is 1. The predicted molar refractivity (Wildman–Crippen MR) is 55.2 cm³/mol. The summed E-state index contributed by atoms with van der Waals surface area (Å²) in [4.78, 5) is 24.5. The molecule has 2 amide bonds. The molecule has 1 fully saturated rings. The van der Waals surface area contributed by atoms with Crippen molar-refractivity contribution in [3.8, 4) is 0 Å². The summed E-state index contributed by atoms with van der Waals surface area (Å²) in [7, 11) is 0. The third-order valence-corrected chi connectivity index (χ3v) is 2.16. The van der Waals surface area contributed by atoms with E-state index in [2.05, 4.69) is 5.32 Å². The Labute approximate surface area is 89.8 Å². The fourth-order valence-corrected chi connectivity index (χ4v) is 1.28. The van der Waals surface area contributed by atoms with E-state index in [0.717, 1.165) is 0 Å². The lowest BCUT2D eigenvalue weighted by Crippen LogP contribution is -2.48. The minimum absolute atomic E-state index is 0.353. The smallest absolute Gasteiger partial charge is 0.312 e. The molecule has 5 nitrogen and oxygen atoms in total. The van der Waals surface area contributed by atoms with Gasteiger partial charge in [-0.2, -0.15) is 0 Å². The minimum Gasteiger partial charge on any atom is -0.378 e. The Morgan fingerprint density at radius 3 is 2.47 bits per heavy atom. The molecular weight excluding hydrogens is 196 g/mol. The molecule has 1 aliphatic rings. The van der Waals surface area contributed by atoms with Crippen molar-refractivity contribution in [2.45, 2.75) is 13.8 Å². The highest BCUT2D eigenvalue weighted by atomic mass is 16.5. The van der Waals surface area contributed by atoms with Gasteiger partial charge >= 0.3 is 11.8 Å². The molecule has 0 atom stereocenters. The molecular formula is C10H18N2O3. The lowest BCUT2D eigenvalue weighted by Gasteiger charge is -2.26. The van der Waals surface area contributed by atoms with E-state index in [0.29, 0.717) is 38.8 Å². The average Bonchev–Trinajstić information content (AvgIpc) is 2.26. The van der Waals surface area contributed by atoms with Crippen molar-refractivity contribution in [3.63, 3.8) is 0 Å². The topological polar surface area (TPSA) is 58.6 Å². The van der Waals surface area contributed by atoms with E-state index < -0.39 is 11.8 Å². The van der Waals surface area contributed by atoms with Crippen molar-refractivity contribution in [1.82, 2.24) is 10.2 Å². The van der Waals surface area contributed by atoms with E-state index in [1.165, 1.54) is 4.90 Å². The Morgan fingerprint density at radius 2 is 1.93 bits per heavy atom. The fourth-order valence-electron chi connectivity index (χ4n) is 1.28. The van der Waals surface area contributed by atoms with Gasteiger partial charge in [-0.3, -0.25) is 9.59 Å². The maximum Gasteiger partial charge on any atom is 0.312 e. The van der Waals surface area contributed by atoms with Gasteiger partial charge < -0.3 is 15.0 Å². The van der Waals surface area contributed by atoms with E-state index in [1.54, 1.807) is 0 Å². The third kappa shape index (κ3) is 3.87. The maximum absolute atomic E-state index is 11.6. The Bertz CT molecular complexity index is 235. The Kier molecular flexibility index (Phi) is 4.55. The summed E-state index contributed by atoms with van der Waals surface area (Å²) < 4.78 is 5.10. The second-order valence-electron chi connectivity index (χ2n) is 4.01. The first-order valence-electron chi connectivity index (χ1n) is 5.26. The molecule has 1 saturated heterocycles. The molecule has 0 spiro atoms. The molecule has 0 aromatic carbocycles. The van der Waals surface area contributed by atoms with E-state index in [4.69, 9.17) is 4.74 Å². The monoisotopic (exact) mass is 214 g/mol. The third-order valence-electron chi connectivity index (χ3n) is 2.16. The number of carbonyl (C=O) groups is 2. The van der Waals surface area contributed by atoms with Crippen molar-refractivity contribution in [2.75, 3.05) is 32.8 Å². The van der Waals surface area contributed by atoms with Gasteiger partial charge in [0, 0.05) is 19.6 Å². The van der Waals surface area contributed by atoms with Gasteiger partial charge in [0.05, 0.1) is 13.2 Å². The Balaban J connectivity index is 2.34. The van der Waals surface area contributed by atoms with E-state index in [1.807, 2.05) is 13.8 Å². The minimum atomic E-state index is -0.509. The summed E-state index contributed by atoms with van der Waals surface area (Å²) in [5.74, 6) is -0.601. The first-order chi connectivity index (χ1) is 7.11. The van der Waals surface area contributed by atoms with E-state index in [-0.39, 0.29) is 0 Å². The molecule has 0 aliphatic carbocycles. The van der Waals surface area contributed by atoms with Gasteiger partial charge in [-0.1, -0.05) is 13.8 Å². The van der Waals surface area contributed by atoms with Crippen LogP contribution < -0.4 is 5.32 Å². The molecule has 15 heavy (non-hydrogen) atoms. The van der Waals surface area contributed by atoms with Crippen molar-refractivity contribution >= 4 is 11.8 Å². The number of carbonyl (C=O) groups excluding carboxylic acids is 2. The molecule has 1 N–H and O–H groups in total. The van der Waals surface area contributed by atoms with E-state index >= 15 is 0 Å². The highest BCUT2D eigenvalue weighted by molar-refractivity contribution is 6.35. The van der Waals surface area contributed by atoms with Crippen LogP contribution in [0.4, 0.5) is 0 Å². The largest absolute Gasteiger partial charge is 0.378 e. The Morgan fingerprint density at radius 1 is 1.33 bits per heavy atom. The first-order valence-corrected chi connectivity index (χ1v) is 5.26. The van der Waals surface area contributed by atoms with Crippen molar-refractivity contribution < 1.29 is 14.3 Å². The van der Waals surface area contributed by atoms with Crippen LogP contribution in [0.2, 0.25) is 0 Å². The molecule has 1 rings (SSSR count). The number of rotatable bonds is 2. The number of morpholine rings is 1. The van der Waals surface area contributed by atoms with Crippen LogP contribution in [0.5, 0.6) is 0 Å². The zero-order chi connectivity index (χ0) is 11.3. The summed E-state index contributed by atoms with van der Waals surface area (Å²) in [6.07, 6.45) is 0. The first kappa shape index (κ1) is 12.0. The van der Waals surface area contributed by atoms with Crippen LogP contribution in [-0.2, 0) is 14.3 Å². The molecule has 0 unspecified atom stereocenters. The molecule has 0 radical (unpaired) electrons. The van der Waals surface area contributed by atoms with Crippen LogP contribution in [0.3, 0.4) is 0 Å². The Hall–Kier alpha value is -1.10. The van der Waals surface area contributed by atoms with Crippen LogP contribution in [0.15, 0.2) is 0 Å². The summed E-state index contributed by atoms with van der Waals surface area (Å²) in [5.41, 5.74) is 0. The van der Waals surface area contributed by atoms with Gasteiger partial charge in [0.1, 0.15) is 0 Å². The van der Waals surface area contributed by atoms with Crippen molar-refractivity contribution in [1.29, 1.82) is 0 Å². The van der Waals surface area contributed by atoms with Crippen LogP contribution >= 0.6 is 0 Å².